The minimum Gasteiger partial charge on any atom is -0.497 e. The van der Waals surface area contributed by atoms with Gasteiger partial charge in [0, 0.05) is 11.8 Å². The Morgan fingerprint density at radius 1 is 1.60 bits per heavy atom. The molecule has 0 fully saturated rings. The molecule has 0 saturated carbocycles. The second-order valence-corrected chi connectivity index (χ2v) is 2.69. The number of methoxy groups -OCH3 is 1. The van der Waals surface area contributed by atoms with Crippen LogP contribution in [0.25, 0.3) is 0 Å². The summed E-state index contributed by atoms with van der Waals surface area (Å²) in [4.78, 5) is 11.3. The maximum absolute atomic E-state index is 11.3. The summed E-state index contributed by atoms with van der Waals surface area (Å²) in [6.45, 7) is -0.287. The molecule has 0 heterocycles. The van der Waals surface area contributed by atoms with E-state index in [1.54, 1.807) is 12.1 Å². The van der Waals surface area contributed by atoms with Crippen molar-refractivity contribution in [2.75, 3.05) is 19.5 Å². The van der Waals surface area contributed by atoms with E-state index in [-0.39, 0.29) is 17.9 Å². The Labute approximate surface area is 87.0 Å². The van der Waals surface area contributed by atoms with Gasteiger partial charge in [-0.25, -0.2) is 4.79 Å². The van der Waals surface area contributed by atoms with Gasteiger partial charge < -0.3 is 15.2 Å². The highest BCUT2D eigenvalue weighted by atomic mass is 16.5. The van der Waals surface area contributed by atoms with Crippen LogP contribution < -0.4 is 10.5 Å². The van der Waals surface area contributed by atoms with Crippen molar-refractivity contribution in [2.24, 2.45) is 0 Å². The maximum Gasteiger partial charge on any atom is 0.341 e. The largest absolute Gasteiger partial charge is 0.497 e. The number of nitrogens with two attached hydrogens (primary N) is 1. The molecule has 0 aliphatic rings. The molecule has 2 N–H and O–H groups in total. The van der Waals surface area contributed by atoms with Gasteiger partial charge in [-0.1, -0.05) is 0 Å². The molecule has 0 saturated heterocycles. The van der Waals surface area contributed by atoms with Crippen LogP contribution in [0.1, 0.15) is 10.4 Å². The number of nitrogens with zero attached hydrogens (tertiary/aromatic N) is 1. The van der Waals surface area contributed by atoms with E-state index in [9.17, 15) is 4.79 Å². The van der Waals surface area contributed by atoms with E-state index in [2.05, 4.69) is 4.74 Å². The molecule has 0 bridgehead atoms. The molecule has 0 atom stereocenters. The van der Waals surface area contributed by atoms with E-state index in [1.807, 2.05) is 0 Å². The van der Waals surface area contributed by atoms with Gasteiger partial charge in [0.05, 0.1) is 12.7 Å². The molecule has 0 radical (unpaired) electrons. The van der Waals surface area contributed by atoms with Crippen LogP contribution in [0.15, 0.2) is 18.2 Å². The van der Waals surface area contributed by atoms with Gasteiger partial charge in [-0.3, -0.25) is 0 Å². The fourth-order valence-electron chi connectivity index (χ4n) is 1.03. The molecule has 0 aromatic heterocycles. The summed E-state index contributed by atoms with van der Waals surface area (Å²) in [5.41, 5.74) is 6.10. The van der Waals surface area contributed by atoms with Crippen LogP contribution in [0, 0.1) is 11.3 Å². The molecule has 0 spiro atoms. The molecule has 0 amide bonds. The quantitative estimate of drug-likeness (QED) is 0.588. The highest BCUT2D eigenvalue weighted by Gasteiger charge is 2.11. The third-order valence-electron chi connectivity index (χ3n) is 1.75. The van der Waals surface area contributed by atoms with Crippen molar-refractivity contribution >= 4 is 11.7 Å². The van der Waals surface area contributed by atoms with Gasteiger partial charge in [-0.2, -0.15) is 5.26 Å². The van der Waals surface area contributed by atoms with Gasteiger partial charge in [-0.05, 0) is 12.1 Å². The van der Waals surface area contributed by atoms with Gasteiger partial charge in [0.2, 0.25) is 0 Å². The second-order valence-electron chi connectivity index (χ2n) is 2.69. The lowest BCUT2D eigenvalue weighted by atomic mass is 10.2. The molecule has 0 aliphatic heterocycles. The Balaban J connectivity index is 2.86. The van der Waals surface area contributed by atoms with Crippen LogP contribution in [-0.2, 0) is 4.74 Å². The van der Waals surface area contributed by atoms with Crippen LogP contribution >= 0.6 is 0 Å². The number of rotatable bonds is 3. The summed E-state index contributed by atoms with van der Waals surface area (Å²) < 4.78 is 9.54. The van der Waals surface area contributed by atoms with Gasteiger partial charge in [0.15, 0.2) is 6.61 Å². The molecule has 1 rings (SSSR count). The predicted octanol–water partition coefficient (Wildman–Crippen LogP) is 0.958. The summed E-state index contributed by atoms with van der Waals surface area (Å²) >= 11 is 0. The Kier molecular flexibility index (Phi) is 3.52. The van der Waals surface area contributed by atoms with Crippen LogP contribution in [0.3, 0.4) is 0 Å². The monoisotopic (exact) mass is 206 g/mol. The lowest BCUT2D eigenvalue weighted by molar-refractivity contribution is 0.0556. The second kappa shape index (κ2) is 4.86. The first-order valence-electron chi connectivity index (χ1n) is 4.16. The van der Waals surface area contributed by atoms with Crippen LogP contribution in [0.5, 0.6) is 5.75 Å². The lowest BCUT2D eigenvalue weighted by Crippen LogP contribution is -2.08. The van der Waals surface area contributed by atoms with Gasteiger partial charge in [0.25, 0.3) is 0 Å². The number of carbonyl (C=O) groups is 1. The van der Waals surface area contributed by atoms with Crippen molar-refractivity contribution in [1.29, 1.82) is 5.26 Å². The Hall–Kier alpha value is -2.22. The molecule has 1 aromatic rings. The minimum absolute atomic E-state index is 0.228. The van der Waals surface area contributed by atoms with E-state index in [0.717, 1.165) is 0 Å². The summed E-state index contributed by atoms with van der Waals surface area (Å²) in [5, 5.41) is 8.24. The fraction of sp³-hybridized carbons (Fsp3) is 0.200. The van der Waals surface area contributed by atoms with E-state index < -0.39 is 5.97 Å². The van der Waals surface area contributed by atoms with Crippen LogP contribution in [0.4, 0.5) is 5.69 Å². The number of esters is 1. The van der Waals surface area contributed by atoms with Crippen molar-refractivity contribution in [3.05, 3.63) is 23.8 Å². The summed E-state index contributed by atoms with van der Waals surface area (Å²) in [6, 6.07) is 6.31. The zero-order valence-electron chi connectivity index (χ0n) is 8.19. The van der Waals surface area contributed by atoms with E-state index in [1.165, 1.54) is 19.2 Å². The molecule has 0 aliphatic carbocycles. The van der Waals surface area contributed by atoms with Crippen LogP contribution in [0.2, 0.25) is 0 Å². The average Bonchev–Trinajstić information content (AvgIpc) is 2.25. The van der Waals surface area contributed by atoms with Crippen molar-refractivity contribution in [3.8, 4) is 11.8 Å². The van der Waals surface area contributed by atoms with E-state index >= 15 is 0 Å². The third-order valence-corrected chi connectivity index (χ3v) is 1.75. The Bertz CT molecular complexity index is 410. The Morgan fingerprint density at radius 2 is 2.33 bits per heavy atom. The maximum atomic E-state index is 11.3. The highest BCUT2D eigenvalue weighted by Crippen LogP contribution is 2.20. The Morgan fingerprint density at radius 3 is 2.87 bits per heavy atom. The van der Waals surface area contributed by atoms with Crippen molar-refractivity contribution in [3.63, 3.8) is 0 Å². The van der Waals surface area contributed by atoms with Crippen LogP contribution in [-0.4, -0.2) is 19.7 Å². The molecule has 5 heteroatoms. The molecular formula is C10H10N2O3. The number of hydrogen-bond acceptors (Lipinski definition) is 5. The topological polar surface area (TPSA) is 85.3 Å². The SMILES string of the molecule is COc1ccc(C(=O)OCC#N)c(N)c1. The number of hydrogen-bond donors (Lipinski definition) is 1. The van der Waals surface area contributed by atoms with Gasteiger partial charge in [0.1, 0.15) is 11.8 Å². The lowest BCUT2D eigenvalue weighted by Gasteiger charge is -2.06. The van der Waals surface area contributed by atoms with Crippen molar-refractivity contribution in [1.82, 2.24) is 0 Å². The molecule has 15 heavy (non-hydrogen) atoms. The zero-order chi connectivity index (χ0) is 11.3. The highest BCUT2D eigenvalue weighted by molar-refractivity contribution is 5.95. The van der Waals surface area contributed by atoms with Gasteiger partial charge >= 0.3 is 5.97 Å². The molecule has 0 unspecified atom stereocenters. The van der Waals surface area contributed by atoms with Crippen molar-refractivity contribution < 1.29 is 14.3 Å². The number of benzene rings is 1. The first-order valence-corrected chi connectivity index (χ1v) is 4.16. The zero-order valence-corrected chi connectivity index (χ0v) is 8.19. The van der Waals surface area contributed by atoms with Crippen molar-refractivity contribution in [2.45, 2.75) is 0 Å². The van der Waals surface area contributed by atoms with E-state index in [4.69, 9.17) is 15.7 Å². The smallest absolute Gasteiger partial charge is 0.341 e. The fourth-order valence-corrected chi connectivity index (χ4v) is 1.03. The minimum atomic E-state index is -0.614. The molecule has 1 aromatic carbocycles. The number of nitrogen functional groups attached to an aromatic ring is 1. The number of anilines is 1. The third kappa shape index (κ3) is 2.61. The summed E-state index contributed by atoms with van der Waals surface area (Å²) in [5.74, 6) is -0.0546. The molecular weight excluding hydrogens is 196 g/mol. The van der Waals surface area contributed by atoms with Gasteiger partial charge in [-0.15, -0.1) is 0 Å². The molecule has 5 nitrogen and oxygen atoms in total. The van der Waals surface area contributed by atoms with E-state index in [0.29, 0.717) is 5.75 Å². The number of carbonyl (C=O) groups excluding carboxylic acids is 1. The summed E-state index contributed by atoms with van der Waals surface area (Å²) in [6.07, 6.45) is 0. The normalized spacial score (nSPS) is 9.07. The predicted molar refractivity (Wildman–Crippen MR) is 53.3 cm³/mol. The average molecular weight is 206 g/mol. The number of nitriles is 1. The standard InChI is InChI=1S/C10H10N2O3/c1-14-7-2-3-8(9(12)6-7)10(13)15-5-4-11/h2-3,6H,5,12H2,1H3. The molecule has 78 valence electrons. The first-order chi connectivity index (χ1) is 7.19. The number of ether oxygens (including phenoxy) is 2. The first kappa shape index (κ1) is 10.9. The summed E-state index contributed by atoms with van der Waals surface area (Å²) in [7, 11) is 1.50.